The molecule has 2 unspecified atom stereocenters. The van der Waals surface area contributed by atoms with Gasteiger partial charge in [0.2, 0.25) is 0 Å². The average molecular weight is 326 g/mol. The van der Waals surface area contributed by atoms with E-state index in [9.17, 15) is 14.1 Å². The fourth-order valence-electron chi connectivity index (χ4n) is 1.79. The third-order valence-electron chi connectivity index (χ3n) is 3.14. The molecule has 5 nitrogen and oxygen atoms in total. The lowest BCUT2D eigenvalue weighted by Gasteiger charge is -2.17. The predicted molar refractivity (Wildman–Crippen MR) is 90.2 cm³/mol. The topological polar surface area (TPSA) is 78.4 Å². The summed E-state index contributed by atoms with van der Waals surface area (Å²) in [6, 6.07) is 9.04. The summed E-state index contributed by atoms with van der Waals surface area (Å²) in [7, 11) is -0.974. The third-order valence-corrected chi connectivity index (χ3v) is 5.08. The Labute approximate surface area is 135 Å². The Kier molecular flexibility index (Phi) is 7.55. The Balaban J connectivity index is 2.17. The van der Waals surface area contributed by atoms with Gasteiger partial charge in [-0.2, -0.15) is 0 Å². The van der Waals surface area contributed by atoms with E-state index in [1.54, 1.807) is 0 Å². The van der Waals surface area contributed by atoms with E-state index in [0.29, 0.717) is 25.3 Å². The van der Waals surface area contributed by atoms with E-state index in [1.807, 2.05) is 51.1 Å². The highest BCUT2D eigenvalue weighted by atomic mass is 32.2. The van der Waals surface area contributed by atoms with E-state index in [2.05, 4.69) is 10.6 Å². The lowest BCUT2D eigenvalue weighted by atomic mass is 10.1. The molecule has 0 aromatic heterocycles. The molecule has 2 atom stereocenters. The maximum absolute atomic E-state index is 11.8. The zero-order chi connectivity index (χ0) is 16.6. The summed E-state index contributed by atoms with van der Waals surface area (Å²) < 4.78 is 11.5. The molecule has 0 spiro atoms. The Hall–Kier alpha value is -1.40. The SMILES string of the molecule is CC(C)(C)S(=O)CCNC(=O)NCCC(O)c1ccccc1. The minimum atomic E-state index is -0.974. The number of aliphatic hydroxyl groups excluding tert-OH is 1. The normalized spacial score (nSPS) is 14.2. The van der Waals surface area contributed by atoms with Crippen LogP contribution in [0.5, 0.6) is 0 Å². The Bertz CT molecular complexity index is 486. The monoisotopic (exact) mass is 326 g/mol. The van der Waals surface area contributed by atoms with Crippen LogP contribution in [0.1, 0.15) is 38.9 Å². The van der Waals surface area contributed by atoms with Crippen molar-refractivity contribution < 1.29 is 14.1 Å². The average Bonchev–Trinajstić information content (AvgIpc) is 2.47. The molecule has 0 bridgehead atoms. The van der Waals surface area contributed by atoms with Crippen LogP contribution >= 0.6 is 0 Å². The van der Waals surface area contributed by atoms with Crippen molar-refractivity contribution in [3.8, 4) is 0 Å². The van der Waals surface area contributed by atoms with Gasteiger partial charge in [0.25, 0.3) is 0 Å². The van der Waals surface area contributed by atoms with Crippen LogP contribution in [-0.4, -0.2) is 38.9 Å². The highest BCUT2D eigenvalue weighted by Gasteiger charge is 2.18. The van der Waals surface area contributed by atoms with Crippen molar-refractivity contribution in [3.63, 3.8) is 0 Å². The smallest absolute Gasteiger partial charge is 0.314 e. The number of hydrogen-bond acceptors (Lipinski definition) is 3. The van der Waals surface area contributed by atoms with Crippen molar-refractivity contribution in [1.29, 1.82) is 0 Å². The van der Waals surface area contributed by atoms with Crippen molar-refractivity contribution in [3.05, 3.63) is 35.9 Å². The largest absolute Gasteiger partial charge is 0.388 e. The predicted octanol–water partition coefficient (Wildman–Crippen LogP) is 1.96. The van der Waals surface area contributed by atoms with Gasteiger partial charge >= 0.3 is 6.03 Å². The van der Waals surface area contributed by atoms with Gasteiger partial charge in [0.15, 0.2) is 0 Å². The second kappa shape index (κ2) is 8.90. The van der Waals surface area contributed by atoms with Crippen molar-refractivity contribution in [2.24, 2.45) is 0 Å². The van der Waals surface area contributed by atoms with Crippen LogP contribution < -0.4 is 10.6 Å². The number of nitrogens with one attached hydrogen (secondary N) is 2. The number of carbonyl (C=O) groups excluding carboxylic acids is 1. The number of aliphatic hydroxyl groups is 1. The van der Waals surface area contributed by atoms with Gasteiger partial charge in [-0.15, -0.1) is 0 Å². The Morgan fingerprint density at radius 3 is 2.36 bits per heavy atom. The van der Waals surface area contributed by atoms with Crippen LogP contribution in [-0.2, 0) is 10.8 Å². The number of rotatable bonds is 7. The third kappa shape index (κ3) is 7.04. The lowest BCUT2D eigenvalue weighted by Crippen LogP contribution is -2.39. The number of benzene rings is 1. The van der Waals surface area contributed by atoms with E-state index < -0.39 is 16.9 Å². The molecule has 1 rings (SSSR count). The summed E-state index contributed by atoms with van der Waals surface area (Å²) in [5.41, 5.74) is 0.838. The van der Waals surface area contributed by atoms with Crippen LogP contribution in [0.4, 0.5) is 4.79 Å². The van der Waals surface area contributed by atoms with E-state index in [1.165, 1.54) is 0 Å². The van der Waals surface area contributed by atoms with Crippen LogP contribution in [0.3, 0.4) is 0 Å². The van der Waals surface area contributed by atoms with Crippen LogP contribution in [0.15, 0.2) is 30.3 Å². The second-order valence-electron chi connectivity index (χ2n) is 6.06. The first kappa shape index (κ1) is 18.6. The van der Waals surface area contributed by atoms with Gasteiger partial charge in [0.1, 0.15) is 0 Å². The first-order valence-electron chi connectivity index (χ1n) is 7.44. The van der Waals surface area contributed by atoms with Crippen LogP contribution in [0.25, 0.3) is 0 Å². The Morgan fingerprint density at radius 2 is 1.77 bits per heavy atom. The molecular weight excluding hydrogens is 300 g/mol. The molecule has 1 aromatic rings. The highest BCUT2D eigenvalue weighted by Crippen LogP contribution is 2.14. The van der Waals surface area contributed by atoms with Crippen molar-refractivity contribution in [1.82, 2.24) is 10.6 Å². The van der Waals surface area contributed by atoms with Gasteiger partial charge < -0.3 is 15.7 Å². The van der Waals surface area contributed by atoms with Crippen molar-refractivity contribution >= 4 is 16.8 Å². The molecule has 22 heavy (non-hydrogen) atoms. The molecule has 3 N–H and O–H groups in total. The first-order valence-corrected chi connectivity index (χ1v) is 8.76. The van der Waals surface area contributed by atoms with Crippen molar-refractivity contribution in [2.75, 3.05) is 18.8 Å². The summed E-state index contributed by atoms with van der Waals surface area (Å²) in [6.07, 6.45) is -0.138. The number of urea groups is 1. The molecule has 0 aliphatic heterocycles. The standard InChI is InChI=1S/C16H26N2O3S/c1-16(2,3)22(21)12-11-18-15(20)17-10-9-14(19)13-7-5-4-6-8-13/h4-8,14,19H,9-12H2,1-3H3,(H2,17,18,20). The van der Waals surface area contributed by atoms with Gasteiger partial charge in [0.05, 0.1) is 6.10 Å². The van der Waals surface area contributed by atoms with E-state index in [-0.39, 0.29) is 10.8 Å². The molecular formula is C16H26N2O3S. The molecule has 0 heterocycles. The Morgan fingerprint density at radius 1 is 1.18 bits per heavy atom. The number of amides is 2. The summed E-state index contributed by atoms with van der Waals surface area (Å²) in [5, 5.41) is 15.3. The molecule has 0 aliphatic carbocycles. The van der Waals surface area contributed by atoms with E-state index in [0.717, 1.165) is 5.56 Å². The van der Waals surface area contributed by atoms with E-state index in [4.69, 9.17) is 0 Å². The fraction of sp³-hybridized carbons (Fsp3) is 0.562. The molecule has 124 valence electrons. The van der Waals surface area contributed by atoms with Gasteiger partial charge in [-0.1, -0.05) is 30.3 Å². The summed E-state index contributed by atoms with van der Waals surface area (Å²) >= 11 is 0. The molecule has 0 fully saturated rings. The van der Waals surface area contributed by atoms with Crippen molar-refractivity contribution in [2.45, 2.75) is 38.0 Å². The summed E-state index contributed by atoms with van der Waals surface area (Å²) in [6.45, 7) is 6.48. The quantitative estimate of drug-likeness (QED) is 0.717. The fourth-order valence-corrected chi connectivity index (χ4v) is 2.69. The van der Waals surface area contributed by atoms with E-state index >= 15 is 0 Å². The molecule has 0 saturated carbocycles. The summed E-state index contributed by atoms with van der Waals surface area (Å²) in [5.74, 6) is 0.434. The number of carbonyl (C=O) groups is 1. The lowest BCUT2D eigenvalue weighted by molar-refractivity contribution is 0.167. The highest BCUT2D eigenvalue weighted by molar-refractivity contribution is 7.86. The second-order valence-corrected chi connectivity index (χ2v) is 8.38. The minimum absolute atomic E-state index is 0.266. The summed E-state index contributed by atoms with van der Waals surface area (Å²) in [4.78, 5) is 11.6. The number of hydrogen-bond donors (Lipinski definition) is 3. The zero-order valence-electron chi connectivity index (χ0n) is 13.5. The first-order chi connectivity index (χ1) is 10.3. The molecule has 1 aromatic carbocycles. The van der Waals surface area contributed by atoms with Gasteiger partial charge in [-0.05, 0) is 32.8 Å². The zero-order valence-corrected chi connectivity index (χ0v) is 14.3. The maximum atomic E-state index is 11.8. The van der Waals surface area contributed by atoms with Gasteiger partial charge in [0, 0.05) is 34.4 Å². The van der Waals surface area contributed by atoms with Gasteiger partial charge in [-0.3, -0.25) is 4.21 Å². The molecule has 0 radical (unpaired) electrons. The molecule has 6 heteroatoms. The molecule has 0 saturated heterocycles. The molecule has 0 aliphatic rings. The maximum Gasteiger partial charge on any atom is 0.314 e. The minimum Gasteiger partial charge on any atom is -0.388 e. The van der Waals surface area contributed by atoms with Crippen LogP contribution in [0, 0.1) is 0 Å². The van der Waals surface area contributed by atoms with Crippen LogP contribution in [0.2, 0.25) is 0 Å². The molecule has 2 amide bonds. The van der Waals surface area contributed by atoms with Gasteiger partial charge in [-0.25, -0.2) is 4.79 Å².